The molecule has 0 fully saturated rings. The van der Waals surface area contributed by atoms with Crippen molar-refractivity contribution in [1.82, 2.24) is 9.78 Å². The number of aromatic nitrogens is 2. The van der Waals surface area contributed by atoms with Gasteiger partial charge in [-0.2, -0.15) is 13.2 Å². The number of rotatable bonds is 3. The quantitative estimate of drug-likeness (QED) is 0.258. The Morgan fingerprint density at radius 3 is 1.84 bits per heavy atom. The molecule has 1 aromatic heterocycles. The molecule has 1 heterocycles. The van der Waals surface area contributed by atoms with Gasteiger partial charge in [-0.15, -0.1) is 0 Å². The highest BCUT2D eigenvalue weighted by Crippen LogP contribution is 2.34. The Morgan fingerprint density at radius 1 is 0.844 bits per heavy atom. The van der Waals surface area contributed by atoms with E-state index in [2.05, 4.69) is 0 Å². The number of hydrogen-bond acceptors (Lipinski definition) is 2. The minimum absolute atomic E-state index is 0.138. The number of nitrogens with zero attached hydrogens (tertiary/aromatic N) is 1. The van der Waals surface area contributed by atoms with Gasteiger partial charge >= 0.3 is 6.18 Å². The van der Waals surface area contributed by atoms with Crippen molar-refractivity contribution in [3.63, 3.8) is 0 Å². The number of H-pyrrole nitrogens is 1. The van der Waals surface area contributed by atoms with E-state index < -0.39 is 86.1 Å². The second-order valence-electron chi connectivity index (χ2n) is 6.65. The molecule has 2 aromatic carbocycles. The van der Waals surface area contributed by atoms with Crippen molar-refractivity contribution in [2.45, 2.75) is 20.0 Å². The molecule has 1 N–H and O–H groups in total. The first-order valence-corrected chi connectivity index (χ1v) is 8.43. The van der Waals surface area contributed by atoms with Gasteiger partial charge in [-0.1, -0.05) is 0 Å². The van der Waals surface area contributed by atoms with Crippen molar-refractivity contribution < 1.29 is 44.3 Å². The molecule has 3 aromatic rings. The predicted octanol–water partition coefficient (Wildman–Crippen LogP) is 4.87. The van der Waals surface area contributed by atoms with Crippen LogP contribution in [0.5, 0.6) is 0 Å². The topological polar surface area (TPSA) is 54.9 Å². The zero-order valence-electron chi connectivity index (χ0n) is 15.8. The number of aryl methyl sites for hydroxylation is 2. The number of ketones is 1. The third-order valence-corrected chi connectivity index (χ3v) is 4.53. The molecule has 0 aliphatic carbocycles. The number of benzene rings is 2. The van der Waals surface area contributed by atoms with Crippen molar-refractivity contribution in [1.29, 1.82) is 0 Å². The molecule has 0 spiro atoms. The van der Waals surface area contributed by atoms with Crippen LogP contribution in [0.25, 0.3) is 5.69 Å². The van der Waals surface area contributed by atoms with Gasteiger partial charge in [0.25, 0.3) is 5.56 Å². The summed E-state index contributed by atoms with van der Waals surface area (Å²) in [4.78, 5) is 25.3. The van der Waals surface area contributed by atoms with Gasteiger partial charge in [0.05, 0.1) is 5.56 Å². The molecule has 0 aliphatic rings. The molecular weight excluding hydrogens is 459 g/mol. The van der Waals surface area contributed by atoms with E-state index >= 15 is 0 Å². The lowest BCUT2D eigenvalue weighted by Gasteiger charge is -2.11. The van der Waals surface area contributed by atoms with Crippen LogP contribution in [0.3, 0.4) is 0 Å². The molecule has 170 valence electrons. The summed E-state index contributed by atoms with van der Waals surface area (Å²) in [5.74, 6) is -15.1. The maximum Gasteiger partial charge on any atom is 0.419 e. The van der Waals surface area contributed by atoms with Crippen LogP contribution in [0.1, 0.15) is 32.7 Å². The third-order valence-electron chi connectivity index (χ3n) is 4.53. The van der Waals surface area contributed by atoms with Gasteiger partial charge < -0.3 is 0 Å². The van der Waals surface area contributed by atoms with Crippen molar-refractivity contribution in [3.8, 4) is 5.69 Å². The third kappa shape index (κ3) is 3.46. The van der Waals surface area contributed by atoms with E-state index in [1.165, 1.54) is 0 Å². The van der Waals surface area contributed by atoms with Gasteiger partial charge in [-0.05, 0) is 31.5 Å². The van der Waals surface area contributed by atoms with Crippen LogP contribution in [0, 0.1) is 48.8 Å². The lowest BCUT2D eigenvalue weighted by molar-refractivity contribution is -0.140. The van der Waals surface area contributed by atoms with E-state index in [1.807, 2.05) is 5.10 Å². The normalized spacial score (nSPS) is 11.8. The largest absolute Gasteiger partial charge is 0.419 e. The minimum atomic E-state index is -5.19. The summed E-state index contributed by atoms with van der Waals surface area (Å²) >= 11 is 0. The lowest BCUT2D eigenvalue weighted by atomic mass is 9.98. The first kappa shape index (κ1) is 23.2. The molecule has 32 heavy (non-hydrogen) atoms. The Balaban J connectivity index is 2.25. The fourth-order valence-electron chi connectivity index (χ4n) is 3.01. The lowest BCUT2D eigenvalue weighted by Crippen LogP contribution is -2.24. The SMILES string of the molecule is Cc1cc(C(=O)c2c(C)[nH]n(-c3c(F)c(F)c(F)c(F)c3F)c2=O)cc(C(F)(F)F)c1F. The Hall–Kier alpha value is -3.51. The molecule has 0 saturated carbocycles. The number of alkyl halides is 3. The summed E-state index contributed by atoms with van der Waals surface area (Å²) < 4.78 is 121. The van der Waals surface area contributed by atoms with E-state index in [1.54, 1.807) is 0 Å². The van der Waals surface area contributed by atoms with Gasteiger partial charge in [0.15, 0.2) is 29.1 Å². The van der Waals surface area contributed by atoms with Gasteiger partial charge in [-0.25, -0.2) is 31.0 Å². The molecule has 3 rings (SSSR count). The molecule has 0 atom stereocenters. The van der Waals surface area contributed by atoms with Crippen LogP contribution >= 0.6 is 0 Å². The van der Waals surface area contributed by atoms with E-state index in [9.17, 15) is 49.1 Å². The standard InChI is InChI=1S/C19H9F9N2O2/c1-5-3-7(4-8(10(5)20)19(26,27)28)17(31)9-6(2)29-30(18(9)32)16-14(24)12(22)11(21)13(23)15(16)25/h3-4,29H,1-2H3. The van der Waals surface area contributed by atoms with Crippen LogP contribution < -0.4 is 5.56 Å². The van der Waals surface area contributed by atoms with Crippen molar-refractivity contribution >= 4 is 5.78 Å². The van der Waals surface area contributed by atoms with Crippen molar-refractivity contribution in [2.75, 3.05) is 0 Å². The summed E-state index contributed by atoms with van der Waals surface area (Å²) in [6.45, 7) is 1.93. The molecule has 0 bridgehead atoms. The predicted molar refractivity (Wildman–Crippen MR) is 90.5 cm³/mol. The monoisotopic (exact) mass is 468 g/mol. The Morgan fingerprint density at radius 2 is 1.34 bits per heavy atom. The summed E-state index contributed by atoms with van der Waals surface area (Å²) in [6.07, 6.45) is -5.19. The molecule has 0 amide bonds. The maximum absolute atomic E-state index is 14.1. The zero-order valence-corrected chi connectivity index (χ0v) is 15.8. The smallest absolute Gasteiger partial charge is 0.294 e. The molecule has 0 unspecified atom stereocenters. The first-order chi connectivity index (χ1) is 14.7. The van der Waals surface area contributed by atoms with E-state index in [4.69, 9.17) is 0 Å². The molecule has 4 nitrogen and oxygen atoms in total. The Bertz CT molecular complexity index is 1310. The first-order valence-electron chi connectivity index (χ1n) is 8.43. The summed E-state index contributed by atoms with van der Waals surface area (Å²) in [7, 11) is 0. The number of hydrogen-bond donors (Lipinski definition) is 1. The number of carbonyl (C=O) groups excluding carboxylic acids is 1. The second kappa shape index (κ2) is 7.57. The highest BCUT2D eigenvalue weighted by molar-refractivity contribution is 6.09. The zero-order chi connectivity index (χ0) is 24.3. The highest BCUT2D eigenvalue weighted by atomic mass is 19.4. The number of nitrogens with one attached hydrogen (secondary N) is 1. The molecule has 0 aliphatic heterocycles. The van der Waals surface area contributed by atoms with Crippen molar-refractivity contribution in [2.24, 2.45) is 0 Å². The van der Waals surface area contributed by atoms with Gasteiger partial charge in [-0.3, -0.25) is 14.7 Å². The van der Waals surface area contributed by atoms with Crippen LogP contribution in [0.2, 0.25) is 0 Å². The number of aromatic amines is 1. The number of halogens is 9. The van der Waals surface area contributed by atoms with Crippen LogP contribution in [-0.2, 0) is 6.18 Å². The fraction of sp³-hybridized carbons (Fsp3) is 0.158. The van der Waals surface area contributed by atoms with Gasteiger partial charge in [0, 0.05) is 11.3 Å². The fourth-order valence-corrected chi connectivity index (χ4v) is 3.01. The van der Waals surface area contributed by atoms with Crippen LogP contribution in [-0.4, -0.2) is 15.6 Å². The average Bonchev–Trinajstić information content (AvgIpc) is 2.99. The summed E-state index contributed by atoms with van der Waals surface area (Å²) in [5, 5.41) is 1.96. The van der Waals surface area contributed by atoms with E-state index in [0.29, 0.717) is 6.07 Å². The van der Waals surface area contributed by atoms with Gasteiger partial charge in [0.1, 0.15) is 17.1 Å². The van der Waals surface area contributed by atoms with E-state index in [-0.39, 0.29) is 10.7 Å². The summed E-state index contributed by atoms with van der Waals surface area (Å²) in [6, 6.07) is 0.848. The second-order valence-corrected chi connectivity index (χ2v) is 6.65. The van der Waals surface area contributed by atoms with E-state index in [0.717, 1.165) is 13.8 Å². The maximum atomic E-state index is 14.1. The molecule has 0 radical (unpaired) electrons. The highest BCUT2D eigenvalue weighted by Gasteiger charge is 2.36. The molecule has 0 saturated heterocycles. The average molecular weight is 468 g/mol. The van der Waals surface area contributed by atoms with Crippen molar-refractivity contribution in [3.05, 3.63) is 85.3 Å². The Labute approximate surface area is 171 Å². The minimum Gasteiger partial charge on any atom is -0.294 e. The summed E-state index contributed by atoms with van der Waals surface area (Å²) in [5.41, 5.74) is -7.91. The molecule has 13 heteroatoms. The Kier molecular flexibility index (Phi) is 5.48. The van der Waals surface area contributed by atoms with Gasteiger partial charge in [0.2, 0.25) is 5.82 Å². The van der Waals surface area contributed by atoms with Crippen LogP contribution in [0.15, 0.2) is 16.9 Å². The van der Waals surface area contributed by atoms with Crippen LogP contribution in [0.4, 0.5) is 39.5 Å². The molecular formula is C19H9F9N2O2. The number of carbonyl (C=O) groups is 1.